The third-order valence-electron chi connectivity index (χ3n) is 8.14. The number of nitrogens with zero attached hydrogens (tertiary/aromatic N) is 4. The molecule has 2 aliphatic carbocycles. The third kappa shape index (κ3) is 8.93. The van der Waals surface area contributed by atoms with Gasteiger partial charge in [-0.1, -0.05) is 6.92 Å². The highest BCUT2D eigenvalue weighted by atomic mass is 19.1. The van der Waals surface area contributed by atoms with E-state index < -0.39 is 5.60 Å². The molecule has 10 nitrogen and oxygen atoms in total. The second kappa shape index (κ2) is 14.6. The standard InChI is InChI=1S/C20H25FN2O4.C15H17FN2O2/c1-20(2,3)27-18(24)9-4-13(10-21)12-26-17-8-7-15-16(22-17)11-23(19(15)25)14-5-6-14;1-2-10(7-16)9-20-14-6-5-12-13(17-14)8-18(15(12)19)11-3-4-11/h7-8,10,14H,4-6,9,11-12H2,1-3H3;5-7,11H,2-4,8-9H2,1H3/b13-10+;10-7+. The fraction of sp³-hybridized carbons (Fsp3) is 0.514. The molecule has 0 atom stereocenters. The number of carbonyl (C=O) groups excluding carboxylic acids is 3. The highest BCUT2D eigenvalue weighted by Crippen LogP contribution is 2.35. The van der Waals surface area contributed by atoms with Crippen LogP contribution >= 0.6 is 0 Å². The molecule has 2 aromatic rings. The summed E-state index contributed by atoms with van der Waals surface area (Å²) in [6.45, 7) is 8.48. The first kappa shape index (κ1) is 34.0. The number of fused-ring (bicyclic) bond motifs is 2. The van der Waals surface area contributed by atoms with E-state index in [4.69, 9.17) is 14.2 Å². The van der Waals surface area contributed by atoms with Crippen molar-refractivity contribution in [1.29, 1.82) is 0 Å². The van der Waals surface area contributed by atoms with E-state index >= 15 is 0 Å². The predicted octanol–water partition coefficient (Wildman–Crippen LogP) is 6.40. The summed E-state index contributed by atoms with van der Waals surface area (Å²) in [5, 5.41) is 0. The van der Waals surface area contributed by atoms with Gasteiger partial charge in [0, 0.05) is 30.6 Å². The SMILES string of the molecule is CC(C)(C)OC(=O)CC/C(=C\F)COc1ccc2c(n1)CN(C1CC1)C2=O.CC/C(=C\F)COc1ccc2c(n1)CN(C1CC1)C2=O. The van der Waals surface area contributed by atoms with Crippen molar-refractivity contribution in [2.45, 2.75) is 103 Å². The molecule has 4 aliphatic rings. The van der Waals surface area contributed by atoms with Gasteiger partial charge in [-0.25, -0.2) is 18.7 Å². The van der Waals surface area contributed by atoms with Crippen LogP contribution in [0, 0.1) is 0 Å². The summed E-state index contributed by atoms with van der Waals surface area (Å²) >= 11 is 0. The Morgan fingerprint density at radius 3 is 1.68 bits per heavy atom. The molecule has 0 saturated heterocycles. The molecule has 2 aliphatic heterocycles. The molecule has 0 radical (unpaired) electrons. The summed E-state index contributed by atoms with van der Waals surface area (Å²) in [7, 11) is 0. The first-order valence-corrected chi connectivity index (χ1v) is 16.1. The lowest BCUT2D eigenvalue weighted by Crippen LogP contribution is -2.25. The molecule has 2 fully saturated rings. The molecule has 2 amide bonds. The number of hydrogen-bond donors (Lipinski definition) is 0. The molecule has 0 aromatic carbocycles. The van der Waals surface area contributed by atoms with E-state index in [2.05, 4.69) is 9.97 Å². The van der Waals surface area contributed by atoms with E-state index in [1.165, 1.54) is 0 Å². The van der Waals surface area contributed by atoms with Crippen LogP contribution in [-0.4, -0.2) is 68.4 Å². The molecule has 0 N–H and O–H groups in total. The number of amides is 2. The summed E-state index contributed by atoms with van der Waals surface area (Å²) in [5.41, 5.74) is 3.11. The number of carbonyl (C=O) groups is 3. The highest BCUT2D eigenvalue weighted by Gasteiger charge is 2.40. The van der Waals surface area contributed by atoms with Gasteiger partial charge in [0.25, 0.3) is 11.8 Å². The van der Waals surface area contributed by atoms with Crippen LogP contribution in [0.4, 0.5) is 8.78 Å². The maximum Gasteiger partial charge on any atom is 0.306 e. The number of pyridine rings is 2. The zero-order chi connectivity index (χ0) is 33.7. The molecule has 2 saturated carbocycles. The van der Waals surface area contributed by atoms with Gasteiger partial charge in [0.2, 0.25) is 11.8 Å². The van der Waals surface area contributed by atoms with Crippen molar-refractivity contribution in [1.82, 2.24) is 19.8 Å². The fourth-order valence-corrected chi connectivity index (χ4v) is 5.25. The molecule has 0 spiro atoms. The molecular weight excluding hydrogens is 610 g/mol. The van der Waals surface area contributed by atoms with Gasteiger partial charge < -0.3 is 24.0 Å². The van der Waals surface area contributed by atoms with Crippen LogP contribution in [0.2, 0.25) is 0 Å². The quantitative estimate of drug-likeness (QED) is 0.243. The summed E-state index contributed by atoms with van der Waals surface area (Å²) in [6.07, 6.45) is 6.20. The number of hydrogen-bond acceptors (Lipinski definition) is 8. The van der Waals surface area contributed by atoms with Gasteiger partial charge in [0.1, 0.15) is 18.8 Å². The Morgan fingerprint density at radius 1 is 0.809 bits per heavy atom. The minimum atomic E-state index is -0.562. The zero-order valence-electron chi connectivity index (χ0n) is 27.4. The topological polar surface area (TPSA) is 111 Å². The normalized spacial score (nSPS) is 17.7. The highest BCUT2D eigenvalue weighted by molar-refractivity contribution is 5.98. The van der Waals surface area contributed by atoms with Gasteiger partial charge in [-0.2, -0.15) is 0 Å². The van der Waals surface area contributed by atoms with Crippen molar-refractivity contribution in [3.05, 3.63) is 70.6 Å². The van der Waals surface area contributed by atoms with E-state index in [0.717, 1.165) is 31.4 Å². The van der Waals surface area contributed by atoms with Gasteiger partial charge in [-0.15, -0.1) is 0 Å². The molecule has 2 aromatic heterocycles. The van der Waals surface area contributed by atoms with Crippen molar-refractivity contribution in [3.8, 4) is 11.8 Å². The number of halogens is 2. The maximum absolute atomic E-state index is 13.1. The Morgan fingerprint density at radius 2 is 1.28 bits per heavy atom. The van der Waals surface area contributed by atoms with Crippen molar-refractivity contribution in [2.75, 3.05) is 13.2 Å². The number of rotatable bonds is 12. The Labute approximate surface area is 273 Å². The first-order chi connectivity index (χ1) is 22.5. The van der Waals surface area contributed by atoms with Gasteiger partial charge in [0.05, 0.1) is 48.3 Å². The van der Waals surface area contributed by atoms with E-state index in [-0.39, 0.29) is 43.8 Å². The maximum atomic E-state index is 13.1. The van der Waals surface area contributed by atoms with E-state index in [9.17, 15) is 23.2 Å². The van der Waals surface area contributed by atoms with Crippen LogP contribution in [-0.2, 0) is 22.6 Å². The van der Waals surface area contributed by atoms with E-state index in [1.807, 2.05) is 16.7 Å². The smallest absolute Gasteiger partial charge is 0.306 e. The van der Waals surface area contributed by atoms with Crippen LogP contribution in [0.5, 0.6) is 11.8 Å². The van der Waals surface area contributed by atoms with Crippen LogP contribution in [0.1, 0.15) is 105 Å². The summed E-state index contributed by atoms with van der Waals surface area (Å²) in [6, 6.07) is 7.50. The molecule has 0 bridgehead atoms. The zero-order valence-corrected chi connectivity index (χ0v) is 27.4. The van der Waals surface area contributed by atoms with E-state index in [0.29, 0.717) is 84.0 Å². The Balaban J connectivity index is 0.000000193. The second-order valence-electron chi connectivity index (χ2n) is 13.2. The van der Waals surface area contributed by atoms with Gasteiger partial charge >= 0.3 is 5.97 Å². The van der Waals surface area contributed by atoms with Crippen molar-refractivity contribution < 1.29 is 37.4 Å². The average Bonchev–Trinajstić information content (AvgIpc) is 3.98. The lowest BCUT2D eigenvalue weighted by Gasteiger charge is -2.19. The van der Waals surface area contributed by atoms with E-state index in [1.54, 1.807) is 45.0 Å². The average molecular weight is 653 g/mol. The lowest BCUT2D eigenvalue weighted by atomic mass is 10.1. The minimum Gasteiger partial charge on any atom is -0.473 e. The Bertz CT molecular complexity index is 1560. The Kier molecular flexibility index (Phi) is 10.6. The molecule has 4 heterocycles. The molecule has 47 heavy (non-hydrogen) atoms. The van der Waals surface area contributed by atoms with Crippen LogP contribution < -0.4 is 9.47 Å². The first-order valence-electron chi connectivity index (χ1n) is 16.1. The molecule has 252 valence electrons. The second-order valence-corrected chi connectivity index (χ2v) is 13.2. The van der Waals surface area contributed by atoms with Crippen LogP contribution in [0.3, 0.4) is 0 Å². The van der Waals surface area contributed by atoms with Gasteiger partial charge in [-0.3, -0.25) is 14.4 Å². The summed E-state index contributed by atoms with van der Waals surface area (Å²) < 4.78 is 41.8. The molecule has 6 rings (SSSR count). The largest absolute Gasteiger partial charge is 0.473 e. The molecular formula is C35H42F2N4O6. The monoisotopic (exact) mass is 652 g/mol. The van der Waals surface area contributed by atoms with Crippen molar-refractivity contribution in [3.63, 3.8) is 0 Å². The number of aromatic nitrogens is 2. The van der Waals surface area contributed by atoms with Gasteiger partial charge in [0.15, 0.2) is 0 Å². The lowest BCUT2D eigenvalue weighted by molar-refractivity contribution is -0.154. The third-order valence-corrected chi connectivity index (χ3v) is 8.14. The summed E-state index contributed by atoms with van der Waals surface area (Å²) in [4.78, 5) is 48.6. The van der Waals surface area contributed by atoms with Gasteiger partial charge in [-0.05, 0) is 82.6 Å². The molecule has 12 heteroatoms. The van der Waals surface area contributed by atoms with Crippen molar-refractivity contribution in [2.24, 2.45) is 0 Å². The Hall–Kier alpha value is -4.35. The molecule has 0 unspecified atom stereocenters. The number of ether oxygens (including phenoxy) is 3. The summed E-state index contributed by atoms with van der Waals surface area (Å²) in [5.74, 6) is 0.502. The number of esters is 1. The van der Waals surface area contributed by atoms with Crippen LogP contribution in [0.25, 0.3) is 0 Å². The predicted molar refractivity (Wildman–Crippen MR) is 169 cm³/mol. The minimum absolute atomic E-state index is 0.00856. The fourth-order valence-electron chi connectivity index (χ4n) is 5.25. The van der Waals surface area contributed by atoms with Crippen LogP contribution in [0.15, 0.2) is 48.1 Å². The van der Waals surface area contributed by atoms with Crippen molar-refractivity contribution >= 4 is 17.8 Å².